The molecule has 1 aromatic rings. The topological polar surface area (TPSA) is 98.2 Å². The summed E-state index contributed by atoms with van der Waals surface area (Å²) in [5.74, 6) is 1.31. The number of nitrogens with zero attached hydrogens (tertiary/aromatic N) is 4. The molecule has 2 heterocycles. The van der Waals surface area contributed by atoms with Gasteiger partial charge in [0.2, 0.25) is 11.8 Å². The van der Waals surface area contributed by atoms with Crippen LogP contribution >= 0.6 is 11.8 Å². The summed E-state index contributed by atoms with van der Waals surface area (Å²) < 4.78 is 0. The summed E-state index contributed by atoms with van der Waals surface area (Å²) in [6, 6.07) is 0.178. The lowest BCUT2D eigenvalue weighted by Crippen LogP contribution is -2.45. The maximum atomic E-state index is 11.0. The van der Waals surface area contributed by atoms with E-state index in [-0.39, 0.29) is 17.7 Å². The van der Waals surface area contributed by atoms with Crippen molar-refractivity contribution in [1.29, 1.82) is 0 Å². The van der Waals surface area contributed by atoms with Gasteiger partial charge >= 0.3 is 5.69 Å². The van der Waals surface area contributed by atoms with Gasteiger partial charge in [0.1, 0.15) is 6.20 Å². The van der Waals surface area contributed by atoms with Crippen LogP contribution in [0.3, 0.4) is 0 Å². The molecule has 2 atom stereocenters. The second-order valence-corrected chi connectivity index (χ2v) is 5.69. The molecule has 0 spiro atoms. The third kappa shape index (κ3) is 2.33. The van der Waals surface area contributed by atoms with E-state index in [9.17, 15) is 10.1 Å². The van der Waals surface area contributed by atoms with E-state index < -0.39 is 4.92 Å². The second-order valence-electron chi connectivity index (χ2n) is 4.20. The minimum atomic E-state index is -0.464. The monoisotopic (exact) mass is 269 g/mol. The summed E-state index contributed by atoms with van der Waals surface area (Å²) in [6.45, 7) is 4.88. The molecule has 0 bridgehead atoms. The molecule has 98 valence electrons. The van der Waals surface area contributed by atoms with E-state index in [1.54, 1.807) is 0 Å². The zero-order valence-corrected chi connectivity index (χ0v) is 11.1. The summed E-state index contributed by atoms with van der Waals surface area (Å²) in [4.78, 5) is 20.2. The number of hydrogen-bond donors (Lipinski definition) is 1. The van der Waals surface area contributed by atoms with Gasteiger partial charge in [0.05, 0.1) is 4.92 Å². The van der Waals surface area contributed by atoms with Crippen molar-refractivity contribution in [2.24, 2.45) is 0 Å². The van der Waals surface area contributed by atoms with Crippen molar-refractivity contribution in [3.8, 4) is 0 Å². The molecule has 0 radical (unpaired) electrons. The Balaban J connectivity index is 2.42. The molecular formula is C10H15N5O2S. The molecule has 0 aliphatic carbocycles. The third-order valence-electron chi connectivity index (χ3n) is 3.12. The molecule has 0 saturated carbocycles. The molecule has 8 heteroatoms. The predicted molar refractivity (Wildman–Crippen MR) is 71.8 cm³/mol. The van der Waals surface area contributed by atoms with Gasteiger partial charge in [0.25, 0.3) is 0 Å². The Morgan fingerprint density at radius 1 is 1.61 bits per heavy atom. The summed E-state index contributed by atoms with van der Waals surface area (Å²) in [5.41, 5.74) is 5.45. The second kappa shape index (κ2) is 4.97. The average Bonchev–Trinajstić information content (AvgIpc) is 2.32. The lowest BCUT2D eigenvalue weighted by Gasteiger charge is -2.37. The van der Waals surface area contributed by atoms with Gasteiger partial charge in [-0.15, -0.1) is 0 Å². The van der Waals surface area contributed by atoms with Gasteiger partial charge < -0.3 is 10.6 Å². The smallest absolute Gasteiger partial charge is 0.329 e. The minimum Gasteiger partial charge on any atom is -0.368 e. The highest BCUT2D eigenvalue weighted by molar-refractivity contribution is 8.00. The highest BCUT2D eigenvalue weighted by Gasteiger charge is 2.31. The van der Waals surface area contributed by atoms with Crippen molar-refractivity contribution in [2.75, 3.05) is 22.9 Å². The lowest BCUT2D eigenvalue weighted by atomic mass is 10.2. The number of anilines is 2. The molecular weight excluding hydrogens is 254 g/mol. The van der Waals surface area contributed by atoms with E-state index in [2.05, 4.69) is 16.9 Å². The zero-order chi connectivity index (χ0) is 13.3. The van der Waals surface area contributed by atoms with E-state index in [0.717, 1.165) is 12.3 Å². The van der Waals surface area contributed by atoms with Crippen LogP contribution in [0.15, 0.2) is 6.20 Å². The maximum Gasteiger partial charge on any atom is 0.329 e. The Bertz CT molecular complexity index is 470. The van der Waals surface area contributed by atoms with E-state index in [0.29, 0.717) is 11.1 Å². The van der Waals surface area contributed by atoms with Gasteiger partial charge in [-0.25, -0.2) is 4.98 Å². The molecule has 1 aliphatic heterocycles. The fourth-order valence-electron chi connectivity index (χ4n) is 1.95. The highest BCUT2D eigenvalue weighted by Crippen LogP contribution is 2.33. The quantitative estimate of drug-likeness (QED) is 0.638. The van der Waals surface area contributed by atoms with E-state index >= 15 is 0 Å². The van der Waals surface area contributed by atoms with Gasteiger partial charge in [-0.05, 0) is 6.92 Å². The first-order valence-corrected chi connectivity index (χ1v) is 6.70. The Morgan fingerprint density at radius 3 is 3.00 bits per heavy atom. The average molecular weight is 269 g/mol. The largest absolute Gasteiger partial charge is 0.368 e. The zero-order valence-electron chi connectivity index (χ0n) is 10.2. The fourth-order valence-corrected chi connectivity index (χ4v) is 3.05. The molecule has 1 saturated heterocycles. The van der Waals surface area contributed by atoms with Crippen LogP contribution < -0.4 is 10.6 Å². The van der Waals surface area contributed by atoms with Gasteiger partial charge in [-0.1, -0.05) is 6.92 Å². The van der Waals surface area contributed by atoms with E-state index in [4.69, 9.17) is 5.73 Å². The SMILES string of the molecule is CC1SCCN(c2nc(N)ncc2[N+](=O)[O-])C1C. The van der Waals surface area contributed by atoms with Crippen LogP contribution in [-0.2, 0) is 0 Å². The van der Waals surface area contributed by atoms with Crippen molar-refractivity contribution in [3.05, 3.63) is 16.3 Å². The Kier molecular flexibility index (Phi) is 3.55. The minimum absolute atomic E-state index is 0.0636. The maximum absolute atomic E-state index is 11.0. The first kappa shape index (κ1) is 12.9. The van der Waals surface area contributed by atoms with Crippen molar-refractivity contribution in [1.82, 2.24) is 9.97 Å². The Hall–Kier alpha value is -1.57. The number of aromatic nitrogens is 2. The van der Waals surface area contributed by atoms with Crippen LogP contribution in [0.4, 0.5) is 17.5 Å². The number of thioether (sulfide) groups is 1. The predicted octanol–water partition coefficient (Wildman–Crippen LogP) is 1.30. The fraction of sp³-hybridized carbons (Fsp3) is 0.600. The summed E-state index contributed by atoms with van der Waals surface area (Å²) in [7, 11) is 0. The van der Waals surface area contributed by atoms with Crippen LogP contribution in [0.5, 0.6) is 0 Å². The highest BCUT2D eigenvalue weighted by atomic mass is 32.2. The first-order valence-electron chi connectivity index (χ1n) is 5.66. The number of nitrogens with two attached hydrogens (primary N) is 1. The number of rotatable bonds is 2. The number of nitrogen functional groups attached to an aromatic ring is 1. The summed E-state index contributed by atoms with van der Waals surface area (Å²) >= 11 is 1.86. The van der Waals surface area contributed by atoms with E-state index in [1.807, 2.05) is 23.6 Å². The summed E-state index contributed by atoms with van der Waals surface area (Å²) in [6.07, 6.45) is 1.18. The van der Waals surface area contributed by atoms with Crippen LogP contribution in [0.1, 0.15) is 13.8 Å². The van der Waals surface area contributed by atoms with Crippen LogP contribution in [0.2, 0.25) is 0 Å². The molecule has 0 amide bonds. The van der Waals surface area contributed by atoms with Crippen molar-refractivity contribution in [2.45, 2.75) is 25.1 Å². The molecule has 2 rings (SSSR count). The standard InChI is InChI=1S/C10H15N5O2S/c1-6-7(2)18-4-3-14(6)9-8(15(16)17)5-12-10(11)13-9/h5-7H,3-4H2,1-2H3,(H2,11,12,13). The molecule has 2 N–H and O–H groups in total. The summed E-state index contributed by atoms with van der Waals surface area (Å²) in [5, 5.41) is 11.4. The normalized spacial score (nSPS) is 24.0. The molecule has 1 fully saturated rings. The van der Waals surface area contributed by atoms with Crippen LogP contribution in [0.25, 0.3) is 0 Å². The Labute approximate surface area is 109 Å². The molecule has 18 heavy (non-hydrogen) atoms. The molecule has 1 aromatic heterocycles. The number of hydrogen-bond acceptors (Lipinski definition) is 7. The molecule has 7 nitrogen and oxygen atoms in total. The lowest BCUT2D eigenvalue weighted by molar-refractivity contribution is -0.384. The molecule has 1 aliphatic rings. The Morgan fingerprint density at radius 2 is 2.33 bits per heavy atom. The van der Waals surface area contributed by atoms with Gasteiger partial charge in [0.15, 0.2) is 0 Å². The van der Waals surface area contributed by atoms with E-state index in [1.165, 1.54) is 6.20 Å². The molecule has 0 aromatic carbocycles. The van der Waals surface area contributed by atoms with Crippen molar-refractivity contribution in [3.63, 3.8) is 0 Å². The van der Waals surface area contributed by atoms with Gasteiger partial charge in [-0.3, -0.25) is 10.1 Å². The van der Waals surface area contributed by atoms with Crippen LogP contribution in [0, 0.1) is 10.1 Å². The number of nitro groups is 1. The third-order valence-corrected chi connectivity index (χ3v) is 4.46. The van der Waals surface area contributed by atoms with Crippen molar-refractivity contribution < 1.29 is 4.92 Å². The first-order chi connectivity index (χ1) is 8.50. The molecule has 2 unspecified atom stereocenters. The van der Waals surface area contributed by atoms with Gasteiger partial charge in [-0.2, -0.15) is 16.7 Å². The van der Waals surface area contributed by atoms with Crippen molar-refractivity contribution >= 4 is 29.2 Å². The van der Waals surface area contributed by atoms with Gasteiger partial charge in [0, 0.05) is 23.6 Å². The van der Waals surface area contributed by atoms with Crippen LogP contribution in [-0.4, -0.2) is 38.5 Å².